The van der Waals surface area contributed by atoms with E-state index in [1.165, 1.54) is 0 Å². The van der Waals surface area contributed by atoms with Crippen molar-refractivity contribution in [3.05, 3.63) is 0 Å². The third-order valence-electron chi connectivity index (χ3n) is 3.00. The van der Waals surface area contributed by atoms with Crippen LogP contribution in [0.4, 0.5) is 4.79 Å². The van der Waals surface area contributed by atoms with Gasteiger partial charge in [-0.2, -0.15) is 0 Å². The van der Waals surface area contributed by atoms with Crippen molar-refractivity contribution in [1.29, 1.82) is 0 Å². The van der Waals surface area contributed by atoms with Gasteiger partial charge in [0.1, 0.15) is 0 Å². The molecule has 5 heteroatoms. The van der Waals surface area contributed by atoms with Gasteiger partial charge < -0.3 is 20.7 Å². The van der Waals surface area contributed by atoms with Crippen LogP contribution in [-0.2, 0) is 4.74 Å². The summed E-state index contributed by atoms with van der Waals surface area (Å²) in [5, 5.41) is 2.98. The van der Waals surface area contributed by atoms with Gasteiger partial charge in [0.2, 0.25) is 0 Å². The van der Waals surface area contributed by atoms with Gasteiger partial charge in [0, 0.05) is 25.7 Å². The second kappa shape index (κ2) is 4.81. The predicted octanol–water partition coefficient (Wildman–Crippen LogP) is -0.0920. The third kappa shape index (κ3) is 2.82. The van der Waals surface area contributed by atoms with E-state index in [0.29, 0.717) is 13.2 Å². The molecule has 0 aromatic rings. The minimum absolute atomic E-state index is 0.0145. The number of rotatable bonds is 1. The van der Waals surface area contributed by atoms with E-state index in [9.17, 15) is 4.79 Å². The summed E-state index contributed by atoms with van der Waals surface area (Å²) in [6.45, 7) is 2.91. The Morgan fingerprint density at radius 2 is 2.33 bits per heavy atom. The summed E-state index contributed by atoms with van der Waals surface area (Å²) in [6.07, 6.45) is 2.96. The summed E-state index contributed by atoms with van der Waals surface area (Å²) in [4.78, 5) is 13.6. The molecule has 2 unspecified atom stereocenters. The molecule has 2 rings (SSSR count). The zero-order valence-electron chi connectivity index (χ0n) is 8.95. The molecule has 15 heavy (non-hydrogen) atoms. The van der Waals surface area contributed by atoms with Crippen LogP contribution >= 0.6 is 0 Å². The number of hydrogen-bond donors (Lipinski definition) is 2. The van der Waals surface area contributed by atoms with E-state index >= 15 is 0 Å². The fraction of sp³-hybridized carbons (Fsp3) is 0.900. The summed E-state index contributed by atoms with van der Waals surface area (Å²) < 4.78 is 5.21. The lowest BCUT2D eigenvalue weighted by molar-refractivity contribution is 0.168. The van der Waals surface area contributed by atoms with Crippen LogP contribution in [0.15, 0.2) is 0 Å². The van der Waals surface area contributed by atoms with Gasteiger partial charge in [0.15, 0.2) is 0 Å². The lowest BCUT2D eigenvalue weighted by atomic mass is 10.1. The van der Waals surface area contributed by atoms with E-state index in [4.69, 9.17) is 10.5 Å². The SMILES string of the molecule is NC1CCCN(C(=O)NC2CCOC2)C1. The number of carbonyl (C=O) groups is 1. The van der Waals surface area contributed by atoms with Gasteiger partial charge in [-0.3, -0.25) is 0 Å². The summed E-state index contributed by atoms with van der Waals surface area (Å²) in [7, 11) is 0. The molecule has 0 aliphatic carbocycles. The van der Waals surface area contributed by atoms with Crippen LogP contribution < -0.4 is 11.1 Å². The Hall–Kier alpha value is -0.810. The van der Waals surface area contributed by atoms with Gasteiger partial charge >= 0.3 is 6.03 Å². The average molecular weight is 213 g/mol. The zero-order valence-corrected chi connectivity index (χ0v) is 8.95. The lowest BCUT2D eigenvalue weighted by Crippen LogP contribution is -2.51. The maximum Gasteiger partial charge on any atom is 0.317 e. The highest BCUT2D eigenvalue weighted by Gasteiger charge is 2.24. The first kappa shape index (κ1) is 10.7. The predicted molar refractivity (Wildman–Crippen MR) is 56.5 cm³/mol. The molecule has 2 heterocycles. The molecular formula is C10H19N3O2. The van der Waals surface area contributed by atoms with E-state index in [0.717, 1.165) is 32.4 Å². The summed E-state index contributed by atoms with van der Waals surface area (Å²) in [6, 6.07) is 0.348. The fourth-order valence-electron chi connectivity index (χ4n) is 2.11. The molecule has 0 saturated carbocycles. The zero-order chi connectivity index (χ0) is 10.7. The first-order valence-corrected chi connectivity index (χ1v) is 5.64. The quantitative estimate of drug-likeness (QED) is 0.639. The largest absolute Gasteiger partial charge is 0.379 e. The molecule has 2 atom stereocenters. The molecule has 2 aliphatic rings. The molecule has 2 aliphatic heterocycles. The number of nitrogens with one attached hydrogen (secondary N) is 1. The van der Waals surface area contributed by atoms with E-state index in [-0.39, 0.29) is 18.1 Å². The van der Waals surface area contributed by atoms with E-state index in [2.05, 4.69) is 5.32 Å². The third-order valence-corrected chi connectivity index (χ3v) is 3.00. The molecule has 0 spiro atoms. The second-order valence-corrected chi connectivity index (χ2v) is 4.36. The Kier molecular flexibility index (Phi) is 3.43. The van der Waals surface area contributed by atoms with E-state index in [1.807, 2.05) is 4.90 Å². The van der Waals surface area contributed by atoms with Crippen LogP contribution in [0.25, 0.3) is 0 Å². The van der Waals surface area contributed by atoms with Crippen molar-refractivity contribution < 1.29 is 9.53 Å². The minimum Gasteiger partial charge on any atom is -0.379 e. The normalized spacial score (nSPS) is 31.7. The van der Waals surface area contributed by atoms with Crippen LogP contribution in [0.2, 0.25) is 0 Å². The Morgan fingerprint density at radius 3 is 3.00 bits per heavy atom. The summed E-state index contributed by atoms with van der Waals surface area (Å²) >= 11 is 0. The standard InChI is InChI=1S/C10H19N3O2/c11-8-2-1-4-13(6-8)10(14)12-9-3-5-15-7-9/h8-9H,1-7,11H2,(H,12,14). The molecular weight excluding hydrogens is 194 g/mol. The molecule has 0 aromatic heterocycles. The number of nitrogens with zero attached hydrogens (tertiary/aromatic N) is 1. The van der Waals surface area contributed by atoms with Crippen molar-refractivity contribution in [2.75, 3.05) is 26.3 Å². The highest BCUT2D eigenvalue weighted by Crippen LogP contribution is 2.09. The highest BCUT2D eigenvalue weighted by atomic mass is 16.5. The molecule has 5 nitrogen and oxygen atoms in total. The molecule has 2 saturated heterocycles. The van der Waals surface area contributed by atoms with E-state index < -0.39 is 0 Å². The van der Waals surface area contributed by atoms with Crippen LogP contribution in [0.5, 0.6) is 0 Å². The Balaban J connectivity index is 1.78. The molecule has 2 fully saturated rings. The topological polar surface area (TPSA) is 67.6 Å². The fourth-order valence-corrected chi connectivity index (χ4v) is 2.11. The summed E-state index contributed by atoms with van der Waals surface area (Å²) in [5.41, 5.74) is 5.82. The molecule has 0 aromatic carbocycles. The van der Waals surface area contributed by atoms with Crippen molar-refractivity contribution in [2.45, 2.75) is 31.3 Å². The van der Waals surface area contributed by atoms with Crippen LogP contribution in [0, 0.1) is 0 Å². The lowest BCUT2D eigenvalue weighted by Gasteiger charge is -2.31. The number of hydrogen-bond acceptors (Lipinski definition) is 3. The van der Waals surface area contributed by atoms with Gasteiger partial charge in [-0.15, -0.1) is 0 Å². The van der Waals surface area contributed by atoms with Crippen LogP contribution in [0.1, 0.15) is 19.3 Å². The van der Waals surface area contributed by atoms with Crippen molar-refractivity contribution >= 4 is 6.03 Å². The second-order valence-electron chi connectivity index (χ2n) is 4.36. The smallest absolute Gasteiger partial charge is 0.317 e. The number of ether oxygens (including phenoxy) is 1. The minimum atomic E-state index is 0.0145. The number of carbonyl (C=O) groups excluding carboxylic acids is 1. The van der Waals surface area contributed by atoms with Crippen molar-refractivity contribution in [1.82, 2.24) is 10.2 Å². The Labute approximate surface area is 89.9 Å². The molecule has 0 radical (unpaired) electrons. The molecule has 0 bridgehead atoms. The van der Waals surface area contributed by atoms with Gasteiger partial charge in [-0.1, -0.05) is 0 Å². The van der Waals surface area contributed by atoms with Crippen LogP contribution in [0.3, 0.4) is 0 Å². The first-order chi connectivity index (χ1) is 7.25. The van der Waals surface area contributed by atoms with Gasteiger partial charge in [0.05, 0.1) is 12.6 Å². The van der Waals surface area contributed by atoms with Crippen LogP contribution in [-0.4, -0.2) is 49.3 Å². The number of nitrogens with two attached hydrogens (primary N) is 1. The Bertz CT molecular complexity index is 229. The molecule has 3 N–H and O–H groups in total. The van der Waals surface area contributed by atoms with Crippen molar-refractivity contribution in [2.24, 2.45) is 5.73 Å². The Morgan fingerprint density at radius 1 is 1.47 bits per heavy atom. The molecule has 2 amide bonds. The first-order valence-electron chi connectivity index (χ1n) is 5.64. The maximum atomic E-state index is 11.8. The molecule has 86 valence electrons. The number of piperidine rings is 1. The monoisotopic (exact) mass is 213 g/mol. The van der Waals surface area contributed by atoms with Crippen molar-refractivity contribution in [3.63, 3.8) is 0 Å². The van der Waals surface area contributed by atoms with Gasteiger partial charge in [-0.05, 0) is 19.3 Å². The van der Waals surface area contributed by atoms with E-state index in [1.54, 1.807) is 0 Å². The summed E-state index contributed by atoms with van der Waals surface area (Å²) in [5.74, 6) is 0. The maximum absolute atomic E-state index is 11.8. The van der Waals surface area contributed by atoms with Gasteiger partial charge in [0.25, 0.3) is 0 Å². The van der Waals surface area contributed by atoms with Crippen molar-refractivity contribution in [3.8, 4) is 0 Å². The average Bonchev–Trinajstić information content (AvgIpc) is 2.70. The van der Waals surface area contributed by atoms with Gasteiger partial charge in [-0.25, -0.2) is 4.79 Å². The number of likely N-dealkylation sites (tertiary alicyclic amines) is 1. The number of amides is 2. The highest BCUT2D eigenvalue weighted by molar-refractivity contribution is 5.74. The number of urea groups is 1.